The van der Waals surface area contributed by atoms with Crippen molar-refractivity contribution < 1.29 is 4.79 Å². The number of carbonyl (C=O) groups is 1. The molecule has 1 aromatic heterocycles. The summed E-state index contributed by atoms with van der Waals surface area (Å²) in [6.07, 6.45) is 1.74. The van der Waals surface area contributed by atoms with Crippen molar-refractivity contribution in [3.05, 3.63) is 41.0 Å². The number of carbonyl (C=O) groups excluding carboxylic acids is 1. The van der Waals surface area contributed by atoms with Crippen molar-refractivity contribution in [3.63, 3.8) is 0 Å². The molecule has 0 fully saturated rings. The third-order valence-corrected chi connectivity index (χ3v) is 2.72. The molecule has 0 amide bonds. The van der Waals surface area contributed by atoms with E-state index in [4.69, 9.17) is 16.9 Å². The average molecular weight is 260 g/mol. The minimum atomic E-state index is 0.0440. The van der Waals surface area contributed by atoms with E-state index in [0.29, 0.717) is 10.6 Å². The Hall–Kier alpha value is -2.12. The number of nitrogens with zero attached hydrogens (tertiary/aromatic N) is 3. The van der Waals surface area contributed by atoms with Gasteiger partial charge in [0.05, 0.1) is 22.8 Å². The van der Waals surface area contributed by atoms with Gasteiger partial charge in [-0.1, -0.05) is 17.7 Å². The van der Waals surface area contributed by atoms with Crippen LogP contribution in [-0.2, 0) is 11.3 Å². The smallest absolute Gasteiger partial charge is 0.151 e. The van der Waals surface area contributed by atoms with Gasteiger partial charge in [0.25, 0.3) is 0 Å². The summed E-state index contributed by atoms with van der Waals surface area (Å²) in [5.41, 5.74) is 1.98. The van der Waals surface area contributed by atoms with Crippen molar-refractivity contribution in [2.24, 2.45) is 0 Å². The first-order valence-electron chi connectivity index (χ1n) is 5.33. The van der Waals surface area contributed by atoms with Gasteiger partial charge in [0.15, 0.2) is 5.78 Å². The number of hydrogen-bond donors (Lipinski definition) is 0. The summed E-state index contributed by atoms with van der Waals surface area (Å²) in [6, 6.07) is 8.94. The number of ketones is 1. The molecule has 0 saturated carbocycles. The van der Waals surface area contributed by atoms with Crippen LogP contribution in [0.15, 0.2) is 30.5 Å². The number of aromatic nitrogens is 2. The Bertz CT molecular complexity index is 640. The van der Waals surface area contributed by atoms with E-state index in [1.165, 1.54) is 6.92 Å². The molecule has 0 N–H and O–H groups in total. The highest BCUT2D eigenvalue weighted by atomic mass is 35.5. The molecule has 90 valence electrons. The van der Waals surface area contributed by atoms with Crippen LogP contribution < -0.4 is 0 Å². The van der Waals surface area contributed by atoms with Crippen molar-refractivity contribution in [2.75, 3.05) is 0 Å². The van der Waals surface area contributed by atoms with E-state index in [1.54, 1.807) is 35.1 Å². The van der Waals surface area contributed by atoms with Crippen molar-refractivity contribution in [3.8, 4) is 17.3 Å². The molecule has 5 heteroatoms. The fourth-order valence-electron chi connectivity index (χ4n) is 1.60. The van der Waals surface area contributed by atoms with Crippen LogP contribution >= 0.6 is 11.6 Å². The summed E-state index contributed by atoms with van der Waals surface area (Å²) >= 11 is 5.96. The lowest BCUT2D eigenvalue weighted by molar-refractivity contribution is -0.117. The van der Waals surface area contributed by atoms with Gasteiger partial charge in [-0.05, 0) is 25.1 Å². The predicted octanol–water partition coefficient (Wildman–Crippen LogP) is 2.66. The zero-order valence-electron chi connectivity index (χ0n) is 9.72. The summed E-state index contributed by atoms with van der Waals surface area (Å²) in [6.45, 7) is 1.77. The van der Waals surface area contributed by atoms with Crippen LogP contribution in [0.3, 0.4) is 0 Å². The number of hydrogen-bond acceptors (Lipinski definition) is 3. The molecule has 0 atom stereocenters. The largest absolute Gasteiger partial charge is 0.298 e. The van der Waals surface area contributed by atoms with Crippen LogP contribution in [0, 0.1) is 11.3 Å². The van der Waals surface area contributed by atoms with E-state index in [9.17, 15) is 4.79 Å². The van der Waals surface area contributed by atoms with Gasteiger partial charge in [0.2, 0.25) is 0 Å². The summed E-state index contributed by atoms with van der Waals surface area (Å²) in [5, 5.41) is 13.5. The standard InChI is InChI=1S/C13H10ClN3O/c1-9(18)8-17-5-4-13(16-17)10-2-3-11(7-15)12(14)6-10/h2-6H,8H2,1H3. The molecule has 0 aliphatic carbocycles. The first kappa shape index (κ1) is 12.3. The first-order valence-corrected chi connectivity index (χ1v) is 5.71. The molecule has 1 heterocycles. The lowest BCUT2D eigenvalue weighted by atomic mass is 10.1. The molecule has 1 aromatic carbocycles. The van der Waals surface area contributed by atoms with Crippen LogP contribution in [0.1, 0.15) is 12.5 Å². The predicted molar refractivity (Wildman–Crippen MR) is 68.1 cm³/mol. The molecular formula is C13H10ClN3O. The highest BCUT2D eigenvalue weighted by molar-refractivity contribution is 6.32. The second kappa shape index (κ2) is 5.03. The molecule has 18 heavy (non-hydrogen) atoms. The quantitative estimate of drug-likeness (QED) is 0.851. The molecule has 4 nitrogen and oxygen atoms in total. The molecule has 2 rings (SSSR count). The van der Waals surface area contributed by atoms with Crippen molar-refractivity contribution in [1.82, 2.24) is 9.78 Å². The van der Waals surface area contributed by atoms with E-state index in [-0.39, 0.29) is 12.3 Å². The van der Waals surface area contributed by atoms with E-state index in [2.05, 4.69) is 5.10 Å². The van der Waals surface area contributed by atoms with Crippen molar-refractivity contribution in [2.45, 2.75) is 13.5 Å². The molecule has 0 radical (unpaired) electrons. The van der Waals surface area contributed by atoms with E-state index in [0.717, 1.165) is 11.3 Å². The van der Waals surface area contributed by atoms with Gasteiger partial charge >= 0.3 is 0 Å². The summed E-state index contributed by atoms with van der Waals surface area (Å²) < 4.78 is 1.57. The minimum Gasteiger partial charge on any atom is -0.298 e. The van der Waals surface area contributed by atoms with Gasteiger partial charge in [-0.3, -0.25) is 9.48 Å². The second-order valence-electron chi connectivity index (χ2n) is 3.91. The summed E-state index contributed by atoms with van der Waals surface area (Å²) in [7, 11) is 0. The lowest BCUT2D eigenvalue weighted by Crippen LogP contribution is -2.06. The molecule has 0 saturated heterocycles. The highest BCUT2D eigenvalue weighted by Gasteiger charge is 2.06. The van der Waals surface area contributed by atoms with E-state index >= 15 is 0 Å². The number of rotatable bonds is 3. The van der Waals surface area contributed by atoms with Crippen LogP contribution in [0.2, 0.25) is 5.02 Å². The third kappa shape index (κ3) is 2.58. The Kier molecular flexibility index (Phi) is 3.45. The first-order chi connectivity index (χ1) is 8.60. The minimum absolute atomic E-state index is 0.0440. The molecule has 0 unspecified atom stereocenters. The molecule has 0 bridgehead atoms. The molecule has 2 aromatic rings. The van der Waals surface area contributed by atoms with Gasteiger partial charge in [-0.25, -0.2) is 0 Å². The summed E-state index contributed by atoms with van der Waals surface area (Å²) in [5.74, 6) is 0.0440. The van der Waals surface area contributed by atoms with Crippen LogP contribution in [0.5, 0.6) is 0 Å². The van der Waals surface area contributed by atoms with E-state index < -0.39 is 0 Å². The third-order valence-electron chi connectivity index (χ3n) is 2.41. The summed E-state index contributed by atoms with van der Waals surface area (Å²) in [4.78, 5) is 11.0. The van der Waals surface area contributed by atoms with Gasteiger partial charge in [0.1, 0.15) is 6.07 Å². The Morgan fingerprint density at radius 3 is 2.89 bits per heavy atom. The Labute approximate surface area is 109 Å². The van der Waals surface area contributed by atoms with Gasteiger partial charge < -0.3 is 0 Å². The normalized spacial score (nSPS) is 10.1. The lowest BCUT2D eigenvalue weighted by Gasteiger charge is -2.00. The highest BCUT2D eigenvalue weighted by Crippen LogP contribution is 2.23. The molecule has 0 spiro atoms. The molecule has 0 aliphatic heterocycles. The number of benzene rings is 1. The zero-order valence-corrected chi connectivity index (χ0v) is 10.5. The Morgan fingerprint density at radius 2 is 2.28 bits per heavy atom. The number of Topliss-reactive ketones (excluding diaryl/α,β-unsaturated/α-hetero) is 1. The fourth-order valence-corrected chi connectivity index (χ4v) is 1.82. The number of nitriles is 1. The number of halogens is 1. The van der Waals surface area contributed by atoms with Gasteiger partial charge in [-0.15, -0.1) is 0 Å². The monoisotopic (exact) mass is 259 g/mol. The van der Waals surface area contributed by atoms with Crippen LogP contribution in [-0.4, -0.2) is 15.6 Å². The topological polar surface area (TPSA) is 58.7 Å². The molecular weight excluding hydrogens is 250 g/mol. The molecule has 0 aliphatic rings. The maximum Gasteiger partial charge on any atom is 0.151 e. The SMILES string of the molecule is CC(=O)Cn1ccc(-c2ccc(C#N)c(Cl)c2)n1. The Balaban J connectivity index is 2.32. The second-order valence-corrected chi connectivity index (χ2v) is 4.31. The van der Waals surface area contributed by atoms with Crippen LogP contribution in [0.25, 0.3) is 11.3 Å². The zero-order chi connectivity index (χ0) is 13.1. The van der Waals surface area contributed by atoms with Crippen molar-refractivity contribution in [1.29, 1.82) is 5.26 Å². The fraction of sp³-hybridized carbons (Fsp3) is 0.154. The van der Waals surface area contributed by atoms with Crippen molar-refractivity contribution >= 4 is 17.4 Å². The maximum atomic E-state index is 11.0. The van der Waals surface area contributed by atoms with E-state index in [1.807, 2.05) is 6.07 Å². The van der Waals surface area contributed by atoms with Gasteiger partial charge in [0, 0.05) is 11.8 Å². The maximum absolute atomic E-state index is 11.0. The Morgan fingerprint density at radius 1 is 1.50 bits per heavy atom. The van der Waals surface area contributed by atoms with Crippen LogP contribution in [0.4, 0.5) is 0 Å². The van der Waals surface area contributed by atoms with Gasteiger partial charge in [-0.2, -0.15) is 10.4 Å². The average Bonchev–Trinajstić information content (AvgIpc) is 2.76.